The van der Waals surface area contributed by atoms with Crippen molar-refractivity contribution in [2.24, 2.45) is 5.92 Å². The first-order chi connectivity index (χ1) is 11.7. The van der Waals surface area contributed by atoms with Crippen molar-refractivity contribution in [1.29, 1.82) is 0 Å². The van der Waals surface area contributed by atoms with E-state index in [9.17, 15) is 9.59 Å². The molecule has 3 rings (SSSR count). The molecule has 0 radical (unpaired) electrons. The number of methoxy groups -OCH3 is 1. The number of nitrogens with zero attached hydrogens (tertiary/aromatic N) is 2. The van der Waals surface area contributed by atoms with Gasteiger partial charge in [-0.3, -0.25) is 9.59 Å². The molecule has 0 unspecified atom stereocenters. The van der Waals surface area contributed by atoms with Gasteiger partial charge in [0, 0.05) is 37.8 Å². The molecule has 0 spiro atoms. The molecule has 0 N–H and O–H groups in total. The summed E-state index contributed by atoms with van der Waals surface area (Å²) in [4.78, 5) is 28.9. The third kappa shape index (κ3) is 3.71. The fourth-order valence-corrected chi connectivity index (χ4v) is 3.63. The topological polar surface area (TPSA) is 49.9 Å². The molecule has 1 aromatic carbocycles. The van der Waals surface area contributed by atoms with Crippen LogP contribution < -0.4 is 9.64 Å². The van der Waals surface area contributed by atoms with Gasteiger partial charge in [0.2, 0.25) is 11.8 Å². The lowest BCUT2D eigenvalue weighted by molar-refractivity contribution is -0.136. The van der Waals surface area contributed by atoms with Crippen LogP contribution in [0.1, 0.15) is 38.5 Å². The van der Waals surface area contributed by atoms with Crippen LogP contribution in [0.15, 0.2) is 24.3 Å². The summed E-state index contributed by atoms with van der Waals surface area (Å²) in [7, 11) is 1.61. The van der Waals surface area contributed by atoms with Crippen LogP contribution in [0.2, 0.25) is 0 Å². The van der Waals surface area contributed by atoms with Crippen molar-refractivity contribution in [1.82, 2.24) is 4.90 Å². The maximum absolute atomic E-state index is 12.8. The minimum atomic E-state index is -0.219. The number of amides is 2. The lowest BCUT2D eigenvalue weighted by Crippen LogP contribution is -2.39. The Balaban J connectivity index is 1.68. The molecule has 130 valence electrons. The molecule has 2 saturated heterocycles. The molecule has 0 aromatic heterocycles. The first-order valence-corrected chi connectivity index (χ1v) is 8.92. The summed E-state index contributed by atoms with van der Waals surface area (Å²) >= 11 is 0. The number of benzene rings is 1. The largest absolute Gasteiger partial charge is 0.497 e. The van der Waals surface area contributed by atoms with Gasteiger partial charge in [0.15, 0.2) is 0 Å². The Kier molecular flexibility index (Phi) is 5.38. The molecule has 24 heavy (non-hydrogen) atoms. The average molecular weight is 330 g/mol. The highest BCUT2D eigenvalue weighted by molar-refractivity contribution is 6.00. The Labute approximate surface area is 143 Å². The third-order valence-corrected chi connectivity index (χ3v) is 5.01. The molecule has 1 atom stereocenters. The van der Waals surface area contributed by atoms with Crippen molar-refractivity contribution in [3.05, 3.63) is 24.3 Å². The summed E-state index contributed by atoms with van der Waals surface area (Å²) in [5.41, 5.74) is 0.808. The average Bonchev–Trinajstić information content (AvgIpc) is 2.96. The van der Waals surface area contributed by atoms with Gasteiger partial charge in [-0.25, -0.2) is 0 Å². The number of ether oxygens (including phenoxy) is 1. The van der Waals surface area contributed by atoms with E-state index < -0.39 is 0 Å². The van der Waals surface area contributed by atoms with Crippen molar-refractivity contribution in [3.63, 3.8) is 0 Å². The summed E-state index contributed by atoms with van der Waals surface area (Å²) < 4.78 is 5.23. The van der Waals surface area contributed by atoms with Gasteiger partial charge >= 0.3 is 0 Å². The standard InChI is InChI=1S/C19H26N2O3/c1-24-17-9-7-8-16(13-17)21-14-15(12-18(21)22)19(23)20-10-5-3-2-4-6-11-20/h7-9,13,15H,2-6,10-12,14H2,1H3/t15-/m1/s1. The Morgan fingerprint density at radius 1 is 1.12 bits per heavy atom. The van der Waals surface area contributed by atoms with Crippen molar-refractivity contribution in [2.45, 2.75) is 38.5 Å². The molecular weight excluding hydrogens is 304 g/mol. The van der Waals surface area contributed by atoms with E-state index in [1.54, 1.807) is 12.0 Å². The fourth-order valence-electron chi connectivity index (χ4n) is 3.63. The third-order valence-electron chi connectivity index (χ3n) is 5.01. The van der Waals surface area contributed by atoms with Crippen LogP contribution in [-0.2, 0) is 9.59 Å². The number of rotatable bonds is 3. The SMILES string of the molecule is COc1cccc(N2C[C@H](C(=O)N3CCCCCCC3)CC2=O)c1. The van der Waals surface area contributed by atoms with Gasteiger partial charge in [-0.05, 0) is 25.0 Å². The smallest absolute Gasteiger partial charge is 0.228 e. The molecule has 0 bridgehead atoms. The molecule has 0 saturated carbocycles. The van der Waals surface area contributed by atoms with Gasteiger partial charge in [-0.15, -0.1) is 0 Å². The Hall–Kier alpha value is -2.04. The summed E-state index contributed by atoms with van der Waals surface area (Å²) in [5.74, 6) is 0.672. The lowest BCUT2D eigenvalue weighted by atomic mass is 10.0. The van der Waals surface area contributed by atoms with Crippen molar-refractivity contribution >= 4 is 17.5 Å². The zero-order chi connectivity index (χ0) is 16.9. The van der Waals surface area contributed by atoms with Gasteiger partial charge < -0.3 is 14.5 Å². The van der Waals surface area contributed by atoms with Crippen LogP contribution in [-0.4, -0.2) is 43.5 Å². The molecular formula is C19H26N2O3. The maximum Gasteiger partial charge on any atom is 0.228 e. The highest BCUT2D eigenvalue weighted by atomic mass is 16.5. The zero-order valence-electron chi connectivity index (χ0n) is 14.4. The molecule has 2 aliphatic rings. The quantitative estimate of drug-likeness (QED) is 0.856. The predicted molar refractivity (Wildman–Crippen MR) is 93.1 cm³/mol. The normalized spacial score (nSPS) is 22.2. The van der Waals surface area contributed by atoms with Crippen LogP contribution in [0.4, 0.5) is 5.69 Å². The monoisotopic (exact) mass is 330 g/mol. The van der Waals surface area contributed by atoms with E-state index in [0.29, 0.717) is 13.0 Å². The predicted octanol–water partition coefficient (Wildman–Crippen LogP) is 2.84. The highest BCUT2D eigenvalue weighted by Crippen LogP contribution is 2.29. The number of hydrogen-bond donors (Lipinski definition) is 0. The minimum absolute atomic E-state index is 0.0219. The summed E-state index contributed by atoms with van der Waals surface area (Å²) in [6, 6.07) is 7.46. The Morgan fingerprint density at radius 2 is 1.83 bits per heavy atom. The first-order valence-electron chi connectivity index (χ1n) is 8.92. The molecule has 2 fully saturated rings. The van der Waals surface area contributed by atoms with Crippen molar-refractivity contribution in [3.8, 4) is 5.75 Å². The number of likely N-dealkylation sites (tertiary alicyclic amines) is 1. The van der Waals surface area contributed by atoms with Crippen molar-refractivity contribution in [2.75, 3.05) is 31.6 Å². The minimum Gasteiger partial charge on any atom is -0.497 e. The van der Waals surface area contributed by atoms with E-state index in [1.807, 2.05) is 29.2 Å². The van der Waals surface area contributed by atoms with Gasteiger partial charge in [0.05, 0.1) is 13.0 Å². The second-order valence-electron chi connectivity index (χ2n) is 6.70. The van der Waals surface area contributed by atoms with Crippen LogP contribution >= 0.6 is 0 Å². The van der Waals surface area contributed by atoms with E-state index in [1.165, 1.54) is 19.3 Å². The maximum atomic E-state index is 12.8. The van der Waals surface area contributed by atoms with Gasteiger partial charge in [0.25, 0.3) is 0 Å². The Morgan fingerprint density at radius 3 is 2.54 bits per heavy atom. The Bertz CT molecular complexity index is 594. The summed E-state index contributed by atoms with van der Waals surface area (Å²) in [6.07, 6.45) is 6.13. The van der Waals surface area contributed by atoms with Gasteiger partial charge in [-0.1, -0.05) is 25.3 Å². The molecule has 0 aliphatic carbocycles. The fraction of sp³-hybridized carbons (Fsp3) is 0.579. The van der Waals surface area contributed by atoms with E-state index >= 15 is 0 Å². The van der Waals surface area contributed by atoms with Crippen LogP contribution in [0.3, 0.4) is 0 Å². The first kappa shape index (κ1) is 16.8. The van der Waals surface area contributed by atoms with Gasteiger partial charge in [0.1, 0.15) is 5.75 Å². The van der Waals surface area contributed by atoms with E-state index in [4.69, 9.17) is 4.74 Å². The van der Waals surface area contributed by atoms with Crippen LogP contribution in [0, 0.1) is 5.92 Å². The second-order valence-corrected chi connectivity index (χ2v) is 6.70. The van der Waals surface area contributed by atoms with Crippen LogP contribution in [0.25, 0.3) is 0 Å². The highest BCUT2D eigenvalue weighted by Gasteiger charge is 2.37. The zero-order valence-corrected chi connectivity index (χ0v) is 14.4. The number of anilines is 1. The molecule has 2 aliphatic heterocycles. The number of carbonyl (C=O) groups is 2. The van der Waals surface area contributed by atoms with Gasteiger partial charge in [-0.2, -0.15) is 0 Å². The van der Waals surface area contributed by atoms with E-state index in [0.717, 1.165) is 37.4 Å². The number of hydrogen-bond acceptors (Lipinski definition) is 3. The van der Waals surface area contributed by atoms with E-state index in [-0.39, 0.29) is 17.7 Å². The van der Waals surface area contributed by atoms with Crippen molar-refractivity contribution < 1.29 is 14.3 Å². The molecule has 5 heteroatoms. The summed E-state index contributed by atoms with van der Waals surface area (Å²) in [5, 5.41) is 0. The molecule has 5 nitrogen and oxygen atoms in total. The van der Waals surface area contributed by atoms with E-state index in [2.05, 4.69) is 0 Å². The lowest BCUT2D eigenvalue weighted by Gasteiger charge is -2.27. The summed E-state index contributed by atoms with van der Waals surface area (Å²) in [6.45, 7) is 2.15. The second kappa shape index (κ2) is 7.69. The van der Waals surface area contributed by atoms with Crippen LogP contribution in [0.5, 0.6) is 5.75 Å². The molecule has 2 amide bonds. The number of carbonyl (C=O) groups excluding carboxylic acids is 2. The molecule has 2 heterocycles. The molecule has 1 aromatic rings.